The molecule has 11 rings (SSSR count). The summed E-state index contributed by atoms with van der Waals surface area (Å²) < 4.78 is 2.36. The summed E-state index contributed by atoms with van der Waals surface area (Å²) in [5, 5.41) is 3.62. The molecular weight excluding hydrogens is 753 g/mol. The number of benzene rings is 7. The summed E-state index contributed by atoms with van der Waals surface area (Å²) in [5.74, 6) is 0.539. The number of aryl methyl sites for hydroxylation is 1. The summed E-state index contributed by atoms with van der Waals surface area (Å²) in [7, 11) is 0. The Labute approximate surface area is 364 Å². The predicted octanol–water partition coefficient (Wildman–Crippen LogP) is 13.8. The average molecular weight is 801 g/mol. The summed E-state index contributed by atoms with van der Waals surface area (Å²) in [4.78, 5) is 7.95. The Morgan fingerprint density at radius 3 is 2.34 bits per heavy atom. The molecule has 0 spiro atoms. The minimum absolute atomic E-state index is 0.243. The first-order valence-electron chi connectivity index (χ1n) is 21.7. The molecule has 2 N–H and O–H groups in total. The highest BCUT2D eigenvalue weighted by molar-refractivity contribution is 6.02. The number of anilines is 2. The zero-order valence-corrected chi connectivity index (χ0v) is 35.4. The maximum absolute atomic E-state index is 7.18. The molecule has 62 heavy (non-hydrogen) atoms. The number of allylic oxidation sites excluding steroid dienone is 1. The molecule has 1 atom stereocenters. The van der Waals surface area contributed by atoms with Crippen molar-refractivity contribution in [3.05, 3.63) is 232 Å². The molecule has 1 aliphatic heterocycles. The van der Waals surface area contributed by atoms with Crippen LogP contribution in [0.5, 0.6) is 0 Å². The van der Waals surface area contributed by atoms with Gasteiger partial charge in [-0.3, -0.25) is 4.99 Å². The summed E-state index contributed by atoms with van der Waals surface area (Å²) in [6, 6.07) is 58.9. The Hall–Kier alpha value is -7.43. The minimum Gasteiger partial charge on any atom is -0.383 e. The number of amidine groups is 1. The number of fused-ring (bicyclic) bond motifs is 6. The first kappa shape index (κ1) is 37.6. The Balaban J connectivity index is 0.967. The van der Waals surface area contributed by atoms with Gasteiger partial charge >= 0.3 is 0 Å². The first-order valence-corrected chi connectivity index (χ1v) is 21.7. The van der Waals surface area contributed by atoms with Crippen molar-refractivity contribution in [2.75, 3.05) is 11.4 Å². The fourth-order valence-corrected chi connectivity index (χ4v) is 10.1. The molecule has 300 valence electrons. The van der Waals surface area contributed by atoms with E-state index in [1.54, 1.807) is 0 Å². The van der Waals surface area contributed by atoms with Crippen LogP contribution in [0.2, 0.25) is 0 Å². The van der Waals surface area contributed by atoms with Crippen LogP contribution in [0.25, 0.3) is 51.2 Å². The van der Waals surface area contributed by atoms with Crippen LogP contribution in [-0.2, 0) is 11.8 Å². The number of aromatic nitrogens is 1. The molecule has 4 nitrogen and oxygen atoms in total. The highest BCUT2D eigenvalue weighted by Gasteiger charge is 2.38. The normalized spacial score (nSPS) is 16.5. The Kier molecular flexibility index (Phi) is 9.05. The highest BCUT2D eigenvalue weighted by Crippen LogP contribution is 2.49. The zero-order chi connectivity index (χ0) is 42.0. The SMILES string of the molecule is Cc1ccccc1/C=C1\CN(c2ccc3cc(C(N=C(N)C4=CCc5c(n(-c6ccccc6)c6ccccc56)C=C4)C4=Cc5ccccc5C4(C)C)ccc3c2)c2ccccc21. The summed E-state index contributed by atoms with van der Waals surface area (Å²) in [5.41, 5.74) is 25.2. The van der Waals surface area contributed by atoms with E-state index in [9.17, 15) is 0 Å². The molecule has 0 saturated heterocycles. The number of hydrogen-bond acceptors (Lipinski definition) is 2. The van der Waals surface area contributed by atoms with Crippen LogP contribution in [0.1, 0.15) is 64.5 Å². The topological polar surface area (TPSA) is 46.5 Å². The predicted molar refractivity (Wildman–Crippen MR) is 262 cm³/mol. The smallest absolute Gasteiger partial charge is 0.126 e. The van der Waals surface area contributed by atoms with Gasteiger partial charge in [0.05, 0.1) is 17.3 Å². The van der Waals surface area contributed by atoms with Gasteiger partial charge < -0.3 is 15.2 Å². The molecule has 0 radical (unpaired) electrons. The van der Waals surface area contributed by atoms with Gasteiger partial charge in [-0.1, -0.05) is 147 Å². The van der Waals surface area contributed by atoms with Gasteiger partial charge in [0, 0.05) is 45.5 Å². The molecule has 0 bridgehead atoms. The van der Waals surface area contributed by atoms with Crippen molar-refractivity contribution in [2.24, 2.45) is 10.7 Å². The van der Waals surface area contributed by atoms with E-state index in [1.807, 2.05) is 0 Å². The van der Waals surface area contributed by atoms with Gasteiger partial charge in [0.25, 0.3) is 0 Å². The van der Waals surface area contributed by atoms with Crippen LogP contribution < -0.4 is 10.6 Å². The van der Waals surface area contributed by atoms with Crippen molar-refractivity contribution >= 4 is 62.7 Å². The van der Waals surface area contributed by atoms with E-state index in [0.29, 0.717) is 5.84 Å². The molecule has 3 aliphatic rings. The van der Waals surface area contributed by atoms with Crippen LogP contribution in [0.4, 0.5) is 11.4 Å². The third-order valence-corrected chi connectivity index (χ3v) is 13.4. The van der Waals surface area contributed by atoms with Crippen LogP contribution in [0.3, 0.4) is 0 Å². The third-order valence-electron chi connectivity index (χ3n) is 13.4. The Morgan fingerprint density at radius 1 is 0.726 bits per heavy atom. The van der Waals surface area contributed by atoms with Crippen molar-refractivity contribution in [3.8, 4) is 5.69 Å². The van der Waals surface area contributed by atoms with Gasteiger partial charge in [0.1, 0.15) is 5.84 Å². The maximum atomic E-state index is 7.18. The van der Waals surface area contributed by atoms with Crippen LogP contribution in [0.15, 0.2) is 192 Å². The van der Waals surface area contributed by atoms with Gasteiger partial charge in [-0.15, -0.1) is 0 Å². The van der Waals surface area contributed by atoms with Crippen molar-refractivity contribution in [1.29, 1.82) is 0 Å². The van der Waals surface area contributed by atoms with E-state index >= 15 is 0 Å². The molecule has 2 aliphatic carbocycles. The van der Waals surface area contributed by atoms with Gasteiger partial charge in [0.2, 0.25) is 0 Å². The number of nitrogens with zero attached hydrogens (tertiary/aromatic N) is 3. The number of nitrogens with two attached hydrogens (primary N) is 1. The maximum Gasteiger partial charge on any atom is 0.126 e. The summed E-state index contributed by atoms with van der Waals surface area (Å²) in [6.07, 6.45) is 12.1. The fraction of sp³-hybridized carbons (Fsp3) is 0.121. The quantitative estimate of drug-likeness (QED) is 0.129. The molecule has 0 amide bonds. The van der Waals surface area contributed by atoms with Gasteiger partial charge in [-0.25, -0.2) is 0 Å². The lowest BCUT2D eigenvalue weighted by atomic mass is 9.77. The van der Waals surface area contributed by atoms with E-state index in [4.69, 9.17) is 10.7 Å². The van der Waals surface area contributed by atoms with Crippen molar-refractivity contribution in [3.63, 3.8) is 0 Å². The van der Waals surface area contributed by atoms with E-state index in [-0.39, 0.29) is 11.5 Å². The molecular formula is C58H48N4. The van der Waals surface area contributed by atoms with E-state index < -0.39 is 0 Å². The summed E-state index contributed by atoms with van der Waals surface area (Å²) in [6.45, 7) is 7.64. The Morgan fingerprint density at radius 2 is 1.47 bits per heavy atom. The average Bonchev–Trinajstić information content (AvgIpc) is 3.85. The lowest BCUT2D eigenvalue weighted by molar-refractivity contribution is 0.583. The molecule has 0 fully saturated rings. The van der Waals surface area contributed by atoms with Crippen LogP contribution in [0, 0.1) is 6.92 Å². The largest absolute Gasteiger partial charge is 0.383 e. The molecule has 8 aromatic rings. The summed E-state index contributed by atoms with van der Waals surface area (Å²) >= 11 is 0. The number of hydrogen-bond donors (Lipinski definition) is 1. The molecule has 1 unspecified atom stereocenters. The van der Waals surface area contributed by atoms with E-state index in [0.717, 1.165) is 29.8 Å². The van der Waals surface area contributed by atoms with Crippen molar-refractivity contribution in [1.82, 2.24) is 4.57 Å². The first-order chi connectivity index (χ1) is 30.3. The van der Waals surface area contributed by atoms with Crippen molar-refractivity contribution in [2.45, 2.75) is 38.6 Å². The standard InChI is InChI=1S/C58H48N4/c1-38-15-7-8-16-40(38)33-45-37-61(53-23-13-10-20-48(45)53)47-30-27-41-34-44(26-25-42(41)35-47)56(52-36-43-17-9-12-22-51(43)58(52,2)3)60-57(59)39-28-31-50-49-21-11-14-24-54(49)62(55(50)32-29-39)46-18-5-4-6-19-46/h4-30,32-36,56H,31,37H2,1-3H3,(H2,59,60)/b45-33+. The fourth-order valence-electron chi connectivity index (χ4n) is 10.1. The Bertz CT molecular complexity index is 3240. The third kappa shape index (κ3) is 6.33. The lowest BCUT2D eigenvalue weighted by Crippen LogP contribution is -2.23. The zero-order valence-electron chi connectivity index (χ0n) is 35.4. The van der Waals surface area contributed by atoms with Crippen LogP contribution in [-0.4, -0.2) is 16.9 Å². The van der Waals surface area contributed by atoms with Gasteiger partial charge in [-0.2, -0.15) is 0 Å². The second kappa shape index (κ2) is 14.9. The molecule has 7 aromatic carbocycles. The lowest BCUT2D eigenvalue weighted by Gasteiger charge is -2.30. The van der Waals surface area contributed by atoms with E-state index in [1.165, 1.54) is 83.3 Å². The van der Waals surface area contributed by atoms with Gasteiger partial charge in [0.15, 0.2) is 0 Å². The van der Waals surface area contributed by atoms with Crippen molar-refractivity contribution < 1.29 is 0 Å². The number of para-hydroxylation sites is 3. The van der Waals surface area contributed by atoms with Gasteiger partial charge in [-0.05, 0) is 129 Å². The molecule has 4 heteroatoms. The molecule has 0 saturated carbocycles. The highest BCUT2D eigenvalue weighted by atomic mass is 15.2. The second-order valence-electron chi connectivity index (χ2n) is 17.4. The second-order valence-corrected chi connectivity index (χ2v) is 17.4. The minimum atomic E-state index is -0.292. The number of rotatable bonds is 7. The van der Waals surface area contributed by atoms with E-state index in [2.05, 4.69) is 224 Å². The monoisotopic (exact) mass is 800 g/mol. The molecule has 2 heterocycles. The molecule has 1 aromatic heterocycles. The van der Waals surface area contributed by atoms with Crippen LogP contribution >= 0.6 is 0 Å². The number of aliphatic imine (C=N–C) groups is 1.